The van der Waals surface area contributed by atoms with Crippen molar-refractivity contribution in [1.29, 1.82) is 0 Å². The number of aliphatic hydroxyl groups is 1. The molecule has 0 radical (unpaired) electrons. The van der Waals surface area contributed by atoms with Crippen molar-refractivity contribution in [3.05, 3.63) is 29.8 Å². The van der Waals surface area contributed by atoms with Crippen molar-refractivity contribution in [3.8, 4) is 0 Å². The van der Waals surface area contributed by atoms with Crippen LogP contribution in [-0.4, -0.2) is 48.3 Å². The van der Waals surface area contributed by atoms with Crippen LogP contribution in [0.25, 0.3) is 0 Å². The monoisotopic (exact) mass is 319 g/mol. The van der Waals surface area contributed by atoms with E-state index in [0.717, 1.165) is 50.0 Å². The van der Waals surface area contributed by atoms with E-state index in [9.17, 15) is 9.90 Å². The standard InChI is InChI=1S/C18H29N3O2/c1-2-15-8-3-4-10-17(15)20-18(23)19-11-5-6-12-21-13-7-9-16(21)14-22/h3-4,8,10,16,22H,2,5-7,9,11-14H2,1H3,(H2,19,20,23). The maximum atomic E-state index is 11.9. The maximum Gasteiger partial charge on any atom is 0.319 e. The molecule has 0 spiro atoms. The Morgan fingerprint density at radius 2 is 2.17 bits per heavy atom. The lowest BCUT2D eigenvalue weighted by Gasteiger charge is -2.22. The normalized spacial score (nSPS) is 18.1. The smallest absolute Gasteiger partial charge is 0.319 e. The fourth-order valence-corrected chi connectivity index (χ4v) is 3.16. The minimum atomic E-state index is -0.139. The Bertz CT molecular complexity index is 493. The molecule has 128 valence electrons. The molecule has 0 bridgehead atoms. The van der Waals surface area contributed by atoms with Crippen LogP contribution < -0.4 is 10.6 Å². The first-order valence-corrected chi connectivity index (χ1v) is 8.72. The number of benzene rings is 1. The summed E-state index contributed by atoms with van der Waals surface area (Å²) in [4.78, 5) is 14.3. The lowest BCUT2D eigenvalue weighted by Crippen LogP contribution is -2.34. The highest BCUT2D eigenvalue weighted by Crippen LogP contribution is 2.17. The Labute approximate surface area is 139 Å². The van der Waals surface area contributed by atoms with Crippen molar-refractivity contribution < 1.29 is 9.90 Å². The summed E-state index contributed by atoms with van der Waals surface area (Å²) in [7, 11) is 0. The molecule has 1 aliphatic rings. The molecular weight excluding hydrogens is 290 g/mol. The highest BCUT2D eigenvalue weighted by molar-refractivity contribution is 5.90. The second kappa shape index (κ2) is 9.53. The first-order valence-electron chi connectivity index (χ1n) is 8.72. The van der Waals surface area contributed by atoms with E-state index in [4.69, 9.17) is 0 Å². The van der Waals surface area contributed by atoms with Gasteiger partial charge in [0, 0.05) is 18.3 Å². The minimum absolute atomic E-state index is 0.139. The lowest BCUT2D eigenvalue weighted by atomic mass is 10.1. The Morgan fingerprint density at radius 3 is 2.96 bits per heavy atom. The van der Waals surface area contributed by atoms with Gasteiger partial charge in [0.2, 0.25) is 0 Å². The van der Waals surface area contributed by atoms with Crippen molar-refractivity contribution in [1.82, 2.24) is 10.2 Å². The average molecular weight is 319 g/mol. The number of urea groups is 1. The third-order valence-electron chi connectivity index (χ3n) is 4.51. The summed E-state index contributed by atoms with van der Waals surface area (Å²) in [5.41, 5.74) is 2.03. The highest BCUT2D eigenvalue weighted by Gasteiger charge is 2.22. The predicted octanol–water partition coefficient (Wildman–Crippen LogP) is 2.61. The number of nitrogens with one attached hydrogen (secondary N) is 2. The molecule has 5 heteroatoms. The quantitative estimate of drug-likeness (QED) is 0.645. The number of amides is 2. The molecule has 1 unspecified atom stereocenters. The molecule has 1 atom stereocenters. The van der Waals surface area contributed by atoms with Crippen molar-refractivity contribution in [2.24, 2.45) is 0 Å². The van der Waals surface area contributed by atoms with Crippen molar-refractivity contribution >= 4 is 11.7 Å². The van der Waals surface area contributed by atoms with E-state index in [0.29, 0.717) is 12.6 Å². The number of hydrogen-bond donors (Lipinski definition) is 3. The van der Waals surface area contributed by atoms with Crippen LogP contribution in [0.15, 0.2) is 24.3 Å². The molecule has 5 nitrogen and oxygen atoms in total. The maximum absolute atomic E-state index is 11.9. The molecule has 1 aliphatic heterocycles. The van der Waals surface area contributed by atoms with E-state index in [1.807, 2.05) is 24.3 Å². The zero-order chi connectivity index (χ0) is 16.5. The van der Waals surface area contributed by atoms with Gasteiger partial charge in [-0.2, -0.15) is 0 Å². The summed E-state index contributed by atoms with van der Waals surface area (Å²) in [6.45, 7) is 5.12. The third-order valence-corrected chi connectivity index (χ3v) is 4.51. The number of hydrogen-bond acceptors (Lipinski definition) is 3. The van der Waals surface area contributed by atoms with Crippen LogP contribution >= 0.6 is 0 Å². The van der Waals surface area contributed by atoms with Gasteiger partial charge in [0.05, 0.1) is 6.61 Å². The van der Waals surface area contributed by atoms with Crippen LogP contribution in [0.4, 0.5) is 10.5 Å². The van der Waals surface area contributed by atoms with Gasteiger partial charge in [0.15, 0.2) is 0 Å². The Balaban J connectivity index is 1.61. The van der Waals surface area contributed by atoms with E-state index in [2.05, 4.69) is 22.5 Å². The fourth-order valence-electron chi connectivity index (χ4n) is 3.16. The topological polar surface area (TPSA) is 64.6 Å². The van der Waals surface area contributed by atoms with E-state index in [1.165, 1.54) is 6.42 Å². The van der Waals surface area contributed by atoms with Gasteiger partial charge < -0.3 is 15.7 Å². The number of para-hydroxylation sites is 1. The lowest BCUT2D eigenvalue weighted by molar-refractivity contribution is 0.157. The molecule has 2 amide bonds. The van der Waals surface area contributed by atoms with Gasteiger partial charge >= 0.3 is 6.03 Å². The van der Waals surface area contributed by atoms with Gasteiger partial charge in [0.1, 0.15) is 0 Å². The molecule has 23 heavy (non-hydrogen) atoms. The summed E-state index contributed by atoms with van der Waals surface area (Å²) < 4.78 is 0. The molecule has 0 aromatic heterocycles. The second-order valence-electron chi connectivity index (χ2n) is 6.11. The van der Waals surface area contributed by atoms with Crippen LogP contribution in [0.1, 0.15) is 38.2 Å². The van der Waals surface area contributed by atoms with Gasteiger partial charge in [-0.25, -0.2) is 4.79 Å². The summed E-state index contributed by atoms with van der Waals surface area (Å²) in [5.74, 6) is 0. The first kappa shape index (κ1) is 17.8. The van der Waals surface area contributed by atoms with Crippen LogP contribution in [0.5, 0.6) is 0 Å². The molecular formula is C18H29N3O2. The molecule has 3 N–H and O–H groups in total. The van der Waals surface area contributed by atoms with Crippen molar-refractivity contribution in [3.63, 3.8) is 0 Å². The number of rotatable bonds is 8. The Morgan fingerprint density at radius 1 is 1.35 bits per heavy atom. The molecule has 0 saturated carbocycles. The van der Waals surface area contributed by atoms with Crippen LogP contribution in [0.2, 0.25) is 0 Å². The molecule has 0 aliphatic carbocycles. The van der Waals surface area contributed by atoms with E-state index >= 15 is 0 Å². The minimum Gasteiger partial charge on any atom is -0.395 e. The number of carbonyl (C=O) groups excluding carboxylic acids is 1. The van der Waals surface area contributed by atoms with Gasteiger partial charge in [-0.1, -0.05) is 25.1 Å². The number of unbranched alkanes of at least 4 members (excludes halogenated alkanes) is 1. The summed E-state index contributed by atoms with van der Waals surface area (Å²) in [6, 6.07) is 8.09. The number of nitrogens with zero attached hydrogens (tertiary/aromatic N) is 1. The highest BCUT2D eigenvalue weighted by atomic mass is 16.3. The van der Waals surface area contributed by atoms with E-state index < -0.39 is 0 Å². The fraction of sp³-hybridized carbons (Fsp3) is 0.611. The van der Waals surface area contributed by atoms with Crippen LogP contribution in [0.3, 0.4) is 0 Å². The van der Waals surface area contributed by atoms with Gasteiger partial charge in [-0.3, -0.25) is 4.90 Å². The number of aliphatic hydroxyl groups excluding tert-OH is 1. The zero-order valence-corrected chi connectivity index (χ0v) is 14.1. The second-order valence-corrected chi connectivity index (χ2v) is 6.11. The number of aryl methyl sites for hydroxylation is 1. The van der Waals surface area contributed by atoms with Crippen LogP contribution in [0, 0.1) is 0 Å². The molecule has 2 rings (SSSR count). The number of likely N-dealkylation sites (tertiary alicyclic amines) is 1. The van der Waals surface area contributed by atoms with Crippen molar-refractivity contribution in [2.45, 2.75) is 45.1 Å². The van der Waals surface area contributed by atoms with E-state index in [-0.39, 0.29) is 12.6 Å². The molecule has 1 heterocycles. The van der Waals surface area contributed by atoms with Gasteiger partial charge in [-0.05, 0) is 56.8 Å². The first-order chi connectivity index (χ1) is 11.2. The molecule has 1 aromatic rings. The number of carbonyl (C=O) groups is 1. The van der Waals surface area contributed by atoms with Crippen molar-refractivity contribution in [2.75, 3.05) is 31.6 Å². The Kier molecular flexibility index (Phi) is 7.36. The summed E-state index contributed by atoms with van der Waals surface area (Å²) in [5, 5.41) is 15.1. The Hall–Kier alpha value is -1.59. The summed E-state index contributed by atoms with van der Waals surface area (Å²) in [6.07, 6.45) is 5.19. The van der Waals surface area contributed by atoms with Gasteiger partial charge in [0.25, 0.3) is 0 Å². The predicted molar refractivity (Wildman–Crippen MR) is 93.8 cm³/mol. The molecule has 1 saturated heterocycles. The zero-order valence-electron chi connectivity index (χ0n) is 14.1. The third kappa shape index (κ3) is 5.52. The van der Waals surface area contributed by atoms with E-state index in [1.54, 1.807) is 0 Å². The van der Waals surface area contributed by atoms with Crippen LogP contribution in [-0.2, 0) is 6.42 Å². The largest absolute Gasteiger partial charge is 0.395 e. The average Bonchev–Trinajstić information content (AvgIpc) is 3.02. The SMILES string of the molecule is CCc1ccccc1NC(=O)NCCCCN1CCCC1CO. The molecule has 1 fully saturated rings. The number of anilines is 1. The molecule has 1 aromatic carbocycles. The van der Waals surface area contributed by atoms with Gasteiger partial charge in [-0.15, -0.1) is 0 Å². The summed E-state index contributed by atoms with van der Waals surface area (Å²) >= 11 is 0.